The summed E-state index contributed by atoms with van der Waals surface area (Å²) in [7, 11) is 0. The van der Waals surface area contributed by atoms with E-state index in [2.05, 4.69) is 10.3 Å². The van der Waals surface area contributed by atoms with Gasteiger partial charge in [-0.25, -0.2) is 4.98 Å². The molecule has 1 aliphatic rings. The molecular formula is C16H18N4O3S. The highest BCUT2D eigenvalue weighted by Crippen LogP contribution is 2.32. The third-order valence-corrected chi connectivity index (χ3v) is 4.82. The van der Waals surface area contributed by atoms with E-state index in [1.807, 2.05) is 17.2 Å². The molecule has 0 radical (unpaired) electrons. The van der Waals surface area contributed by atoms with Gasteiger partial charge in [0.25, 0.3) is 11.6 Å². The minimum Gasteiger partial charge on any atom is -0.366 e. The number of anilines is 2. The van der Waals surface area contributed by atoms with Crippen molar-refractivity contribution in [1.82, 2.24) is 4.98 Å². The summed E-state index contributed by atoms with van der Waals surface area (Å²) in [6, 6.07) is 4.64. The molecule has 1 aromatic heterocycles. The predicted molar refractivity (Wildman–Crippen MR) is 94.0 cm³/mol. The Hall–Kier alpha value is -2.48. The number of amides is 1. The number of nitrogens with zero attached hydrogens (tertiary/aromatic N) is 3. The maximum atomic E-state index is 12.3. The van der Waals surface area contributed by atoms with Gasteiger partial charge in [-0.1, -0.05) is 6.92 Å². The molecule has 0 saturated carbocycles. The maximum absolute atomic E-state index is 12.3. The van der Waals surface area contributed by atoms with Crippen LogP contribution in [0.1, 0.15) is 35.8 Å². The highest BCUT2D eigenvalue weighted by Gasteiger charge is 2.24. The van der Waals surface area contributed by atoms with Crippen LogP contribution in [0.5, 0.6) is 0 Å². The van der Waals surface area contributed by atoms with Gasteiger partial charge in [0.05, 0.1) is 10.6 Å². The topological polar surface area (TPSA) is 88.4 Å². The zero-order chi connectivity index (χ0) is 17.1. The molecule has 0 unspecified atom stereocenters. The monoisotopic (exact) mass is 346 g/mol. The van der Waals surface area contributed by atoms with Crippen molar-refractivity contribution in [2.75, 3.05) is 23.3 Å². The zero-order valence-electron chi connectivity index (χ0n) is 13.3. The third-order valence-electron chi connectivity index (χ3n) is 4.02. The second kappa shape index (κ2) is 6.96. The molecule has 3 rings (SSSR count). The van der Waals surface area contributed by atoms with Crippen molar-refractivity contribution >= 4 is 33.8 Å². The van der Waals surface area contributed by atoms with Crippen LogP contribution in [0.4, 0.5) is 16.5 Å². The Labute approximate surface area is 143 Å². The lowest BCUT2D eigenvalue weighted by molar-refractivity contribution is -0.384. The lowest BCUT2D eigenvalue weighted by atomic mass is 10.1. The van der Waals surface area contributed by atoms with Gasteiger partial charge in [0.2, 0.25) is 0 Å². The summed E-state index contributed by atoms with van der Waals surface area (Å²) in [6.45, 7) is 3.61. The van der Waals surface area contributed by atoms with Gasteiger partial charge in [-0.05, 0) is 31.4 Å². The van der Waals surface area contributed by atoms with Crippen LogP contribution in [0, 0.1) is 10.1 Å². The van der Waals surface area contributed by atoms with Crippen molar-refractivity contribution in [3.8, 4) is 0 Å². The molecule has 8 heteroatoms. The molecule has 1 saturated heterocycles. The maximum Gasteiger partial charge on any atom is 0.293 e. The molecule has 1 aliphatic heterocycles. The first kappa shape index (κ1) is 16.4. The van der Waals surface area contributed by atoms with Gasteiger partial charge < -0.3 is 4.90 Å². The fourth-order valence-corrected chi connectivity index (χ4v) is 3.52. The fraction of sp³-hybridized carbons (Fsp3) is 0.375. The predicted octanol–water partition coefficient (Wildman–Crippen LogP) is 3.47. The molecule has 0 bridgehead atoms. The standard InChI is InChI=1S/C16H18N4O3S/c1-2-12-10-24-16(17-12)18-15(21)11-5-6-13(14(9-11)20(22)23)19-7-3-4-8-19/h5-6,9-10H,2-4,7-8H2,1H3,(H,17,18,21). The van der Waals surface area contributed by atoms with Crippen molar-refractivity contribution in [3.63, 3.8) is 0 Å². The summed E-state index contributed by atoms with van der Waals surface area (Å²) in [5, 5.41) is 16.5. The summed E-state index contributed by atoms with van der Waals surface area (Å²) in [5.74, 6) is -0.386. The smallest absolute Gasteiger partial charge is 0.293 e. The van der Waals surface area contributed by atoms with Crippen molar-refractivity contribution in [2.24, 2.45) is 0 Å². The highest BCUT2D eigenvalue weighted by atomic mass is 32.1. The molecule has 24 heavy (non-hydrogen) atoms. The van der Waals surface area contributed by atoms with Crippen molar-refractivity contribution in [3.05, 3.63) is 45.0 Å². The van der Waals surface area contributed by atoms with E-state index in [1.165, 1.54) is 17.4 Å². The number of nitro groups is 1. The van der Waals surface area contributed by atoms with E-state index in [0.29, 0.717) is 10.8 Å². The van der Waals surface area contributed by atoms with E-state index in [9.17, 15) is 14.9 Å². The molecule has 1 N–H and O–H groups in total. The first-order valence-electron chi connectivity index (χ1n) is 7.87. The number of benzene rings is 1. The van der Waals surface area contributed by atoms with Gasteiger partial charge in [-0.3, -0.25) is 20.2 Å². The molecule has 7 nitrogen and oxygen atoms in total. The molecule has 2 aromatic rings. The van der Waals surface area contributed by atoms with Crippen LogP contribution in [0.15, 0.2) is 23.6 Å². The molecule has 2 heterocycles. The second-order valence-electron chi connectivity index (χ2n) is 5.61. The number of hydrogen-bond donors (Lipinski definition) is 1. The fourth-order valence-electron chi connectivity index (χ4n) is 2.73. The summed E-state index contributed by atoms with van der Waals surface area (Å²) in [4.78, 5) is 29.6. The number of carbonyl (C=O) groups excluding carboxylic acids is 1. The van der Waals surface area contributed by atoms with Crippen LogP contribution >= 0.6 is 11.3 Å². The Kier molecular flexibility index (Phi) is 4.75. The number of nitro benzene ring substituents is 1. The Morgan fingerprint density at radius 2 is 2.17 bits per heavy atom. The van der Waals surface area contributed by atoms with Crippen LogP contribution < -0.4 is 10.2 Å². The van der Waals surface area contributed by atoms with E-state index >= 15 is 0 Å². The molecule has 1 fully saturated rings. The molecular weight excluding hydrogens is 328 g/mol. The summed E-state index contributed by atoms with van der Waals surface area (Å²) in [5.41, 5.74) is 1.72. The number of thiazole rings is 1. The number of aromatic nitrogens is 1. The van der Waals surface area contributed by atoms with E-state index in [-0.39, 0.29) is 17.2 Å². The Bertz CT molecular complexity index is 768. The van der Waals surface area contributed by atoms with E-state index in [4.69, 9.17) is 0 Å². The second-order valence-corrected chi connectivity index (χ2v) is 6.46. The van der Waals surface area contributed by atoms with Crippen molar-refractivity contribution in [1.29, 1.82) is 0 Å². The SMILES string of the molecule is CCc1csc(NC(=O)c2ccc(N3CCCC3)c([N+](=O)[O-])c2)n1. The normalized spacial score (nSPS) is 14.0. The first-order chi connectivity index (χ1) is 11.6. The average molecular weight is 346 g/mol. The Balaban J connectivity index is 1.83. The van der Waals surface area contributed by atoms with Crippen LogP contribution in [-0.4, -0.2) is 28.9 Å². The van der Waals surface area contributed by atoms with E-state index < -0.39 is 4.92 Å². The molecule has 1 aromatic carbocycles. The van der Waals surface area contributed by atoms with Gasteiger partial charge in [0.15, 0.2) is 5.13 Å². The number of nitrogens with one attached hydrogen (secondary N) is 1. The van der Waals surface area contributed by atoms with Crippen molar-refractivity contribution in [2.45, 2.75) is 26.2 Å². The lowest BCUT2D eigenvalue weighted by Crippen LogP contribution is -2.19. The van der Waals surface area contributed by atoms with Crippen LogP contribution in [-0.2, 0) is 6.42 Å². The average Bonchev–Trinajstić information content (AvgIpc) is 3.25. The third kappa shape index (κ3) is 3.38. The largest absolute Gasteiger partial charge is 0.366 e. The number of carbonyl (C=O) groups is 1. The lowest BCUT2D eigenvalue weighted by Gasteiger charge is -2.17. The summed E-state index contributed by atoms with van der Waals surface area (Å²) in [6.07, 6.45) is 2.86. The van der Waals surface area contributed by atoms with Crippen LogP contribution in [0.25, 0.3) is 0 Å². The number of rotatable bonds is 5. The number of aryl methyl sites for hydroxylation is 1. The van der Waals surface area contributed by atoms with Gasteiger partial charge in [0, 0.05) is 30.1 Å². The minimum atomic E-state index is -0.428. The van der Waals surface area contributed by atoms with Gasteiger partial charge in [-0.2, -0.15) is 0 Å². The molecule has 1 amide bonds. The molecule has 0 spiro atoms. The molecule has 126 valence electrons. The summed E-state index contributed by atoms with van der Waals surface area (Å²) >= 11 is 1.35. The number of hydrogen-bond acceptors (Lipinski definition) is 6. The van der Waals surface area contributed by atoms with Gasteiger partial charge in [-0.15, -0.1) is 11.3 Å². The highest BCUT2D eigenvalue weighted by molar-refractivity contribution is 7.13. The molecule has 0 aliphatic carbocycles. The zero-order valence-corrected chi connectivity index (χ0v) is 14.1. The van der Waals surface area contributed by atoms with E-state index in [1.54, 1.807) is 12.1 Å². The van der Waals surface area contributed by atoms with Crippen molar-refractivity contribution < 1.29 is 9.72 Å². The van der Waals surface area contributed by atoms with Gasteiger partial charge in [0.1, 0.15) is 5.69 Å². The minimum absolute atomic E-state index is 0.0297. The van der Waals surface area contributed by atoms with Crippen LogP contribution in [0.3, 0.4) is 0 Å². The molecule has 0 atom stereocenters. The quantitative estimate of drug-likeness (QED) is 0.661. The van der Waals surface area contributed by atoms with Crippen LogP contribution in [0.2, 0.25) is 0 Å². The summed E-state index contributed by atoms with van der Waals surface area (Å²) < 4.78 is 0. The Morgan fingerprint density at radius 3 is 2.79 bits per heavy atom. The Morgan fingerprint density at radius 1 is 1.42 bits per heavy atom. The first-order valence-corrected chi connectivity index (χ1v) is 8.75. The van der Waals surface area contributed by atoms with E-state index in [0.717, 1.165) is 38.0 Å². The van der Waals surface area contributed by atoms with Gasteiger partial charge >= 0.3 is 0 Å².